The summed E-state index contributed by atoms with van der Waals surface area (Å²) in [7, 11) is 0. The summed E-state index contributed by atoms with van der Waals surface area (Å²) < 4.78 is 14.1. The van der Waals surface area contributed by atoms with Crippen molar-refractivity contribution >= 4 is 0 Å². The second kappa shape index (κ2) is 6.13. The van der Waals surface area contributed by atoms with Gasteiger partial charge >= 0.3 is 0 Å². The van der Waals surface area contributed by atoms with Gasteiger partial charge in [-0.05, 0) is 49.5 Å². The van der Waals surface area contributed by atoms with E-state index in [9.17, 15) is 4.39 Å². The minimum atomic E-state index is -0.239. The molecule has 1 fully saturated rings. The zero-order chi connectivity index (χ0) is 13.8. The zero-order valence-corrected chi connectivity index (χ0v) is 11.5. The molecule has 20 heavy (non-hydrogen) atoms. The molecule has 1 saturated heterocycles. The Bertz CT molecular complexity index is 515. The van der Waals surface area contributed by atoms with Crippen molar-refractivity contribution in [2.75, 3.05) is 26.3 Å². The van der Waals surface area contributed by atoms with Crippen LogP contribution < -0.4 is 0 Å². The minimum Gasteiger partial charge on any atom is -0.301 e. The average Bonchev–Trinajstić information content (AvgIpc) is 3.03. The highest BCUT2D eigenvalue weighted by Gasteiger charge is 2.20. The van der Waals surface area contributed by atoms with Gasteiger partial charge in [0, 0.05) is 6.54 Å². The highest BCUT2D eigenvalue weighted by molar-refractivity contribution is 5.35. The molecule has 0 amide bonds. The zero-order valence-electron chi connectivity index (χ0n) is 11.5. The molecule has 0 bridgehead atoms. The summed E-state index contributed by atoms with van der Waals surface area (Å²) >= 11 is 0. The lowest BCUT2D eigenvalue weighted by Gasteiger charge is -2.31. The second-order valence-corrected chi connectivity index (χ2v) is 5.24. The van der Waals surface area contributed by atoms with Crippen LogP contribution in [-0.4, -0.2) is 46.2 Å². The van der Waals surface area contributed by atoms with Crippen LogP contribution in [0.2, 0.25) is 0 Å². The fourth-order valence-corrected chi connectivity index (χ4v) is 2.85. The fourth-order valence-electron chi connectivity index (χ4n) is 2.85. The van der Waals surface area contributed by atoms with Crippen LogP contribution in [0.3, 0.4) is 0 Å². The smallest absolute Gasteiger partial charge is 0.102 e. The summed E-state index contributed by atoms with van der Waals surface area (Å²) in [6.07, 6.45) is 5.74. The van der Waals surface area contributed by atoms with E-state index in [1.807, 2.05) is 6.20 Å². The van der Waals surface area contributed by atoms with E-state index in [-0.39, 0.29) is 6.67 Å². The van der Waals surface area contributed by atoms with Crippen LogP contribution >= 0.6 is 0 Å². The van der Waals surface area contributed by atoms with Gasteiger partial charge in [0.2, 0.25) is 0 Å². The number of alkyl halides is 1. The van der Waals surface area contributed by atoms with Crippen LogP contribution in [0.25, 0.3) is 5.69 Å². The molecular weight excluding hydrogens is 255 g/mol. The van der Waals surface area contributed by atoms with Crippen molar-refractivity contribution in [2.24, 2.45) is 0 Å². The molecule has 0 saturated carbocycles. The first kappa shape index (κ1) is 13.2. The Morgan fingerprint density at radius 1 is 1.15 bits per heavy atom. The third kappa shape index (κ3) is 2.88. The van der Waals surface area contributed by atoms with Crippen molar-refractivity contribution < 1.29 is 4.39 Å². The van der Waals surface area contributed by atoms with E-state index < -0.39 is 0 Å². The minimum absolute atomic E-state index is 0.239. The van der Waals surface area contributed by atoms with Crippen LogP contribution in [0.5, 0.6) is 0 Å². The molecule has 1 aliphatic rings. The van der Waals surface area contributed by atoms with E-state index in [1.54, 1.807) is 10.9 Å². The average molecular weight is 274 g/mol. The molecule has 3 rings (SSSR count). The van der Waals surface area contributed by atoms with Crippen LogP contribution in [0.1, 0.15) is 24.3 Å². The molecule has 1 aromatic heterocycles. The van der Waals surface area contributed by atoms with E-state index in [0.29, 0.717) is 12.5 Å². The van der Waals surface area contributed by atoms with Gasteiger partial charge in [0.05, 0.1) is 18.1 Å². The van der Waals surface area contributed by atoms with Crippen LogP contribution in [-0.2, 0) is 0 Å². The summed E-state index contributed by atoms with van der Waals surface area (Å²) in [5.41, 5.74) is 2.40. The Balaban J connectivity index is 1.64. The Morgan fingerprint density at radius 3 is 2.50 bits per heavy atom. The van der Waals surface area contributed by atoms with Crippen molar-refractivity contribution in [1.82, 2.24) is 19.9 Å². The quantitative estimate of drug-likeness (QED) is 0.858. The summed E-state index contributed by atoms with van der Waals surface area (Å²) in [5.74, 6) is 0.593. The number of benzene rings is 1. The predicted octanol–water partition coefficient (Wildman–Crippen LogP) is 2.42. The largest absolute Gasteiger partial charge is 0.301 e. The second-order valence-electron chi connectivity index (χ2n) is 5.24. The van der Waals surface area contributed by atoms with Crippen molar-refractivity contribution in [3.63, 3.8) is 0 Å². The van der Waals surface area contributed by atoms with Crippen molar-refractivity contribution in [2.45, 2.75) is 18.8 Å². The normalized spacial score (nSPS) is 17.4. The molecule has 0 atom stereocenters. The van der Waals surface area contributed by atoms with Gasteiger partial charge in [0.15, 0.2) is 0 Å². The molecule has 0 unspecified atom stereocenters. The number of likely N-dealkylation sites (tertiary alicyclic amines) is 1. The van der Waals surface area contributed by atoms with Crippen molar-refractivity contribution in [1.29, 1.82) is 0 Å². The molecule has 0 aliphatic carbocycles. The molecule has 4 nitrogen and oxygen atoms in total. The van der Waals surface area contributed by atoms with Crippen LogP contribution in [0, 0.1) is 0 Å². The highest BCUT2D eigenvalue weighted by Crippen LogP contribution is 2.28. The number of halogens is 1. The van der Waals surface area contributed by atoms with E-state index in [0.717, 1.165) is 31.6 Å². The van der Waals surface area contributed by atoms with Crippen LogP contribution in [0.4, 0.5) is 4.39 Å². The van der Waals surface area contributed by atoms with Gasteiger partial charge in [0.25, 0.3) is 0 Å². The molecule has 0 spiro atoms. The molecule has 106 valence electrons. The lowest BCUT2D eigenvalue weighted by Crippen LogP contribution is -2.34. The maximum absolute atomic E-state index is 12.3. The molecule has 2 aromatic rings. The van der Waals surface area contributed by atoms with Gasteiger partial charge in [-0.25, -0.2) is 9.07 Å². The SMILES string of the molecule is FCCN1CCC(c2ccc(-n3ccnn3)cc2)CC1. The van der Waals surface area contributed by atoms with Crippen LogP contribution in [0.15, 0.2) is 36.7 Å². The summed E-state index contributed by atoms with van der Waals surface area (Å²) in [6.45, 7) is 2.34. The van der Waals surface area contributed by atoms with Gasteiger partial charge in [-0.1, -0.05) is 17.3 Å². The number of aromatic nitrogens is 3. The Morgan fingerprint density at radius 2 is 1.90 bits per heavy atom. The van der Waals surface area contributed by atoms with Gasteiger partial charge in [-0.2, -0.15) is 0 Å². The van der Waals surface area contributed by atoms with Gasteiger partial charge < -0.3 is 4.90 Å². The van der Waals surface area contributed by atoms with E-state index in [1.165, 1.54) is 5.56 Å². The molecular formula is C15H19FN4. The standard InChI is InChI=1S/C15H19FN4/c16-7-11-19-9-5-14(6-10-19)13-1-3-15(4-2-13)20-12-8-17-18-20/h1-4,8,12,14H,5-7,9-11H2. The first-order valence-corrected chi connectivity index (χ1v) is 7.12. The van der Waals surface area contributed by atoms with E-state index in [4.69, 9.17) is 0 Å². The lowest BCUT2D eigenvalue weighted by molar-refractivity contribution is 0.197. The van der Waals surface area contributed by atoms with Gasteiger partial charge in [-0.15, -0.1) is 5.10 Å². The molecule has 0 N–H and O–H groups in total. The third-order valence-electron chi connectivity index (χ3n) is 4.04. The van der Waals surface area contributed by atoms with Gasteiger partial charge in [0.1, 0.15) is 6.67 Å². The molecule has 0 radical (unpaired) electrons. The monoisotopic (exact) mass is 274 g/mol. The topological polar surface area (TPSA) is 34.0 Å². The molecule has 1 aromatic carbocycles. The van der Waals surface area contributed by atoms with Crippen molar-refractivity contribution in [3.05, 3.63) is 42.2 Å². The first-order valence-electron chi connectivity index (χ1n) is 7.12. The summed E-state index contributed by atoms with van der Waals surface area (Å²) in [4.78, 5) is 2.21. The third-order valence-corrected chi connectivity index (χ3v) is 4.04. The van der Waals surface area contributed by atoms with Crippen molar-refractivity contribution in [3.8, 4) is 5.69 Å². The number of rotatable bonds is 4. The molecule has 2 heterocycles. The first-order chi connectivity index (χ1) is 9.86. The van der Waals surface area contributed by atoms with Gasteiger partial charge in [-0.3, -0.25) is 0 Å². The number of piperidine rings is 1. The maximum Gasteiger partial charge on any atom is 0.102 e. The van der Waals surface area contributed by atoms with E-state index in [2.05, 4.69) is 39.5 Å². The predicted molar refractivity (Wildman–Crippen MR) is 75.7 cm³/mol. The molecule has 1 aliphatic heterocycles. The number of hydrogen-bond acceptors (Lipinski definition) is 3. The number of hydrogen-bond donors (Lipinski definition) is 0. The number of nitrogens with zero attached hydrogens (tertiary/aromatic N) is 4. The Hall–Kier alpha value is -1.75. The Kier molecular flexibility index (Phi) is 4.06. The highest BCUT2D eigenvalue weighted by atomic mass is 19.1. The maximum atomic E-state index is 12.3. The van der Waals surface area contributed by atoms with E-state index >= 15 is 0 Å². The summed E-state index contributed by atoms with van der Waals surface area (Å²) in [5, 5.41) is 7.80. The lowest BCUT2D eigenvalue weighted by atomic mass is 9.89. The Labute approximate surface area is 118 Å². The fraction of sp³-hybridized carbons (Fsp3) is 0.467. The molecule has 5 heteroatoms. The summed E-state index contributed by atoms with van der Waals surface area (Å²) in [6, 6.07) is 8.51.